The van der Waals surface area contributed by atoms with Crippen LogP contribution in [0.15, 0.2) is 72.8 Å². The number of aromatic amines is 2. The largest absolute Gasteiger partial charge is 0.497 e. The number of ether oxygens (including phenoxy) is 2. The van der Waals surface area contributed by atoms with Gasteiger partial charge in [0, 0.05) is 45.2 Å². The van der Waals surface area contributed by atoms with Crippen LogP contribution in [0.1, 0.15) is 18.6 Å². The van der Waals surface area contributed by atoms with E-state index in [1.807, 2.05) is 53.4 Å². The first-order chi connectivity index (χ1) is 22.9. The molecule has 0 bridgehead atoms. The number of anilines is 2. The Hall–Kier alpha value is -5.11. The number of nitrogens with zero attached hydrogens (tertiary/aromatic N) is 6. The quantitative estimate of drug-likeness (QED) is 0.160. The molecule has 0 spiro atoms. The van der Waals surface area contributed by atoms with Gasteiger partial charge in [-0.15, -0.1) is 12.4 Å². The molecule has 1 amide bonds. The average molecular weight is 692 g/mol. The number of methoxy groups -OCH3 is 1. The molecule has 1 aliphatic rings. The van der Waals surface area contributed by atoms with E-state index < -0.39 is 0 Å². The fourth-order valence-corrected chi connectivity index (χ4v) is 5.32. The number of benzene rings is 3. The lowest BCUT2D eigenvalue weighted by Gasteiger charge is -2.35. The van der Waals surface area contributed by atoms with Crippen LogP contribution in [0.5, 0.6) is 17.4 Å². The highest BCUT2D eigenvalue weighted by atomic mass is 35.5. The predicted octanol–water partition coefficient (Wildman–Crippen LogP) is 5.53. The van der Waals surface area contributed by atoms with Gasteiger partial charge in [-0.1, -0.05) is 35.9 Å². The SMILES string of the molecule is COc1ccc(Oc2cc(N3CCN(C(C)=O)CC3)nc(NCc3nc4ccccc4[nH]3)n2)c(Cl)c1.Cl.NCc1nc2ccccc2[nH]1. The summed E-state index contributed by atoms with van der Waals surface area (Å²) in [4.78, 5) is 40.2. The average Bonchev–Trinajstić information content (AvgIpc) is 3.72. The third-order valence-corrected chi connectivity index (χ3v) is 7.87. The Kier molecular flexibility index (Phi) is 11.2. The van der Waals surface area contributed by atoms with Gasteiger partial charge in [-0.25, -0.2) is 9.97 Å². The van der Waals surface area contributed by atoms with E-state index in [9.17, 15) is 4.79 Å². The Labute approximate surface area is 288 Å². The molecule has 1 fully saturated rings. The summed E-state index contributed by atoms with van der Waals surface area (Å²) in [5, 5.41) is 3.65. The molecular weight excluding hydrogens is 655 g/mol. The molecule has 0 aliphatic carbocycles. The third-order valence-electron chi connectivity index (χ3n) is 7.58. The van der Waals surface area contributed by atoms with Gasteiger partial charge in [0.05, 0.1) is 47.3 Å². The zero-order chi connectivity index (χ0) is 32.8. The van der Waals surface area contributed by atoms with Gasteiger partial charge in [0.25, 0.3) is 0 Å². The Balaban J connectivity index is 0.000000317. The summed E-state index contributed by atoms with van der Waals surface area (Å²) in [7, 11) is 1.58. The monoisotopic (exact) mass is 690 g/mol. The van der Waals surface area contributed by atoms with E-state index >= 15 is 0 Å². The van der Waals surface area contributed by atoms with E-state index in [1.165, 1.54) is 0 Å². The molecule has 1 aliphatic heterocycles. The van der Waals surface area contributed by atoms with Gasteiger partial charge in [-0.2, -0.15) is 9.97 Å². The van der Waals surface area contributed by atoms with Gasteiger partial charge in [0.1, 0.15) is 29.0 Å². The van der Waals surface area contributed by atoms with Crippen LogP contribution in [0.2, 0.25) is 5.02 Å². The minimum absolute atomic E-state index is 0. The molecule has 0 atom stereocenters. The Morgan fingerprint density at radius 3 is 2.15 bits per heavy atom. The number of piperazine rings is 1. The number of carbonyl (C=O) groups excluding carboxylic acids is 1. The Morgan fingerprint density at radius 2 is 1.54 bits per heavy atom. The van der Waals surface area contributed by atoms with Gasteiger partial charge in [0.15, 0.2) is 0 Å². The smallest absolute Gasteiger partial charge is 0.228 e. The number of aromatic nitrogens is 6. The van der Waals surface area contributed by atoms with Crippen molar-refractivity contribution in [2.45, 2.75) is 20.0 Å². The number of nitrogens with two attached hydrogens (primary N) is 1. The molecule has 6 aromatic rings. The van der Waals surface area contributed by atoms with Gasteiger partial charge < -0.3 is 40.3 Å². The molecule has 15 heteroatoms. The van der Waals surface area contributed by atoms with E-state index in [0.29, 0.717) is 73.4 Å². The highest BCUT2D eigenvalue weighted by molar-refractivity contribution is 6.32. The normalized spacial score (nSPS) is 12.7. The second-order valence-electron chi connectivity index (χ2n) is 10.7. The molecule has 48 heavy (non-hydrogen) atoms. The number of imidazole rings is 2. The van der Waals surface area contributed by atoms with Crippen LogP contribution in [0.3, 0.4) is 0 Å². The Morgan fingerprint density at radius 1 is 0.896 bits per heavy atom. The van der Waals surface area contributed by atoms with Crippen LogP contribution in [0, 0.1) is 0 Å². The minimum Gasteiger partial charge on any atom is -0.497 e. The van der Waals surface area contributed by atoms with Crippen molar-refractivity contribution in [1.82, 2.24) is 34.8 Å². The maximum atomic E-state index is 11.7. The number of nitrogens with one attached hydrogen (secondary N) is 3. The Bertz CT molecular complexity index is 1930. The number of fused-ring (bicyclic) bond motifs is 2. The van der Waals surface area contributed by atoms with Crippen LogP contribution >= 0.6 is 24.0 Å². The van der Waals surface area contributed by atoms with Crippen molar-refractivity contribution in [3.8, 4) is 17.4 Å². The second kappa shape index (κ2) is 15.7. The number of rotatable bonds is 8. The molecule has 0 unspecified atom stereocenters. The fourth-order valence-electron chi connectivity index (χ4n) is 5.12. The van der Waals surface area contributed by atoms with Crippen molar-refractivity contribution < 1.29 is 14.3 Å². The molecule has 0 radical (unpaired) electrons. The van der Waals surface area contributed by atoms with Crippen molar-refractivity contribution >= 4 is 63.7 Å². The molecular formula is C33H36Cl2N10O3. The summed E-state index contributed by atoms with van der Waals surface area (Å²) >= 11 is 6.39. The van der Waals surface area contributed by atoms with E-state index in [2.05, 4.69) is 35.1 Å². The molecule has 3 aromatic carbocycles. The summed E-state index contributed by atoms with van der Waals surface area (Å²) in [6.07, 6.45) is 0. The maximum Gasteiger partial charge on any atom is 0.228 e. The molecule has 1 saturated heterocycles. The van der Waals surface area contributed by atoms with Crippen molar-refractivity contribution in [2.24, 2.45) is 5.73 Å². The molecule has 0 saturated carbocycles. The van der Waals surface area contributed by atoms with Crippen molar-refractivity contribution in [2.75, 3.05) is 43.5 Å². The van der Waals surface area contributed by atoms with Crippen LogP contribution in [0.25, 0.3) is 22.1 Å². The lowest BCUT2D eigenvalue weighted by atomic mass is 10.3. The number of H-pyrrole nitrogens is 2. The first kappa shape index (κ1) is 34.2. The molecule has 3 aromatic heterocycles. The van der Waals surface area contributed by atoms with Crippen LogP contribution in [0.4, 0.5) is 11.8 Å². The summed E-state index contributed by atoms with van der Waals surface area (Å²) in [6.45, 7) is 5.02. The number of carbonyl (C=O) groups is 1. The van der Waals surface area contributed by atoms with Crippen LogP contribution in [-0.2, 0) is 17.9 Å². The van der Waals surface area contributed by atoms with Crippen molar-refractivity contribution in [3.63, 3.8) is 0 Å². The highest BCUT2D eigenvalue weighted by Gasteiger charge is 2.21. The number of para-hydroxylation sites is 4. The van der Waals surface area contributed by atoms with Gasteiger partial charge >= 0.3 is 0 Å². The maximum absolute atomic E-state index is 11.7. The predicted molar refractivity (Wildman–Crippen MR) is 189 cm³/mol. The second-order valence-corrected chi connectivity index (χ2v) is 11.1. The molecule has 7 rings (SSSR count). The standard InChI is InChI=1S/C25H26ClN7O3.C8H9N3.ClH/c1-16(34)32-9-11-33(12-10-32)23-14-24(36-21-8-7-17(35-2)13-18(21)26)31-25(30-23)27-15-22-28-19-5-3-4-6-20(19)29-22;9-5-8-10-6-3-1-2-4-7(6)11-8;/h3-8,13-14H,9-12,15H2,1-2H3,(H,28,29)(H,27,30,31);1-4H,5,9H2,(H,10,11);1H. The summed E-state index contributed by atoms with van der Waals surface area (Å²) in [5.74, 6) is 4.18. The number of amides is 1. The van der Waals surface area contributed by atoms with Crippen molar-refractivity contribution in [1.29, 1.82) is 0 Å². The zero-order valence-corrected chi connectivity index (χ0v) is 28.0. The van der Waals surface area contributed by atoms with Gasteiger partial charge in [0.2, 0.25) is 17.7 Å². The first-order valence-electron chi connectivity index (χ1n) is 15.1. The topological polar surface area (TPSA) is 163 Å². The van der Waals surface area contributed by atoms with E-state index in [4.69, 9.17) is 31.8 Å². The summed E-state index contributed by atoms with van der Waals surface area (Å²) < 4.78 is 11.3. The summed E-state index contributed by atoms with van der Waals surface area (Å²) in [5.41, 5.74) is 9.31. The number of halogens is 2. The lowest BCUT2D eigenvalue weighted by molar-refractivity contribution is -0.129. The van der Waals surface area contributed by atoms with Gasteiger partial charge in [-0.05, 0) is 36.4 Å². The zero-order valence-electron chi connectivity index (χ0n) is 26.4. The number of hydrogen-bond donors (Lipinski definition) is 4. The molecule has 4 heterocycles. The van der Waals surface area contributed by atoms with Crippen LogP contribution in [-0.4, -0.2) is 74.0 Å². The highest BCUT2D eigenvalue weighted by Crippen LogP contribution is 2.33. The summed E-state index contributed by atoms with van der Waals surface area (Å²) in [6, 6.07) is 22.7. The lowest BCUT2D eigenvalue weighted by Crippen LogP contribution is -2.48. The molecule has 5 N–H and O–H groups in total. The molecule has 13 nitrogen and oxygen atoms in total. The van der Waals surface area contributed by atoms with Crippen molar-refractivity contribution in [3.05, 3.63) is 89.5 Å². The first-order valence-corrected chi connectivity index (χ1v) is 15.5. The minimum atomic E-state index is 0. The van der Waals surface area contributed by atoms with E-state index in [0.717, 1.165) is 33.7 Å². The van der Waals surface area contributed by atoms with E-state index in [1.54, 1.807) is 38.3 Å². The van der Waals surface area contributed by atoms with Crippen LogP contribution < -0.4 is 25.4 Å². The number of hydrogen-bond acceptors (Lipinski definition) is 10. The third kappa shape index (κ3) is 8.23. The van der Waals surface area contributed by atoms with E-state index in [-0.39, 0.29) is 18.3 Å². The van der Waals surface area contributed by atoms with Gasteiger partial charge in [-0.3, -0.25) is 4.79 Å². The molecule has 250 valence electrons. The fraction of sp³-hybridized carbons (Fsp3) is 0.242.